The van der Waals surface area contributed by atoms with Gasteiger partial charge in [0, 0.05) is 47.9 Å². The van der Waals surface area contributed by atoms with Gasteiger partial charge in [0.05, 0.1) is 29.4 Å². The third-order valence-electron chi connectivity index (χ3n) is 6.82. The minimum atomic E-state index is -1.20. The number of benzene rings is 3. The van der Waals surface area contributed by atoms with Crippen molar-refractivity contribution in [3.05, 3.63) is 89.5 Å². The normalized spacial score (nSPS) is 11.2. The van der Waals surface area contributed by atoms with Crippen molar-refractivity contribution in [3.63, 3.8) is 0 Å². The van der Waals surface area contributed by atoms with Crippen LogP contribution in [0.25, 0.3) is 32.9 Å². The zero-order valence-corrected chi connectivity index (χ0v) is 21.9. The molecule has 0 bridgehead atoms. The topological polar surface area (TPSA) is 129 Å². The molecule has 10 heteroatoms. The Morgan fingerprint density at radius 3 is 2.62 bits per heavy atom. The summed E-state index contributed by atoms with van der Waals surface area (Å²) in [6, 6.07) is 14.3. The van der Waals surface area contributed by atoms with Gasteiger partial charge in [-0.1, -0.05) is 18.2 Å². The molecule has 0 unspecified atom stereocenters. The number of carbonyl (C=O) groups excluding carboxylic acids is 1. The number of carbonyl (C=O) groups is 2. The minimum absolute atomic E-state index is 0.0971. The number of methoxy groups -OCH3 is 1. The zero-order valence-electron chi connectivity index (χ0n) is 21.9. The largest absolute Gasteiger partial charge is 0.491 e. The number of pyridine rings is 1. The van der Waals surface area contributed by atoms with E-state index in [1.54, 1.807) is 25.6 Å². The molecule has 5 rings (SSSR count). The van der Waals surface area contributed by atoms with E-state index in [-0.39, 0.29) is 12.1 Å². The summed E-state index contributed by atoms with van der Waals surface area (Å²) in [6.07, 6.45) is 3.35. The van der Waals surface area contributed by atoms with Crippen LogP contribution in [-0.2, 0) is 11.3 Å². The first-order valence-corrected chi connectivity index (χ1v) is 12.5. The lowest BCUT2D eigenvalue weighted by molar-refractivity contribution is 0.0695. The lowest BCUT2D eigenvalue weighted by atomic mass is 9.96. The van der Waals surface area contributed by atoms with Gasteiger partial charge < -0.3 is 25.6 Å². The maximum absolute atomic E-state index is 13.6. The molecule has 0 aliphatic rings. The van der Waals surface area contributed by atoms with Gasteiger partial charge in [0.1, 0.15) is 18.2 Å². The predicted molar refractivity (Wildman–Crippen MR) is 150 cm³/mol. The average Bonchev–Trinajstić information content (AvgIpc) is 3.27. The van der Waals surface area contributed by atoms with Gasteiger partial charge in [-0.3, -0.25) is 9.55 Å². The zero-order chi connectivity index (χ0) is 28.4. The number of carboxylic acid groups (broad SMARTS) is 1. The Morgan fingerprint density at radius 1 is 1.05 bits per heavy atom. The number of rotatable bonds is 9. The fourth-order valence-electron chi connectivity index (χ4n) is 4.93. The number of hydrogen-bond acceptors (Lipinski definition) is 6. The predicted octanol–water partition coefficient (Wildman–Crippen LogP) is 5.57. The van der Waals surface area contributed by atoms with Gasteiger partial charge >= 0.3 is 12.0 Å². The molecule has 0 radical (unpaired) electrons. The van der Waals surface area contributed by atoms with Crippen LogP contribution < -0.4 is 15.8 Å². The van der Waals surface area contributed by atoms with Crippen LogP contribution in [-0.4, -0.2) is 47.0 Å². The summed E-state index contributed by atoms with van der Waals surface area (Å²) in [7, 11) is 1.59. The number of aromatic nitrogens is 2. The number of nitrogens with zero attached hydrogens (tertiary/aromatic N) is 2. The first-order valence-electron chi connectivity index (χ1n) is 12.5. The lowest BCUT2D eigenvalue weighted by Gasteiger charge is -2.15. The van der Waals surface area contributed by atoms with Gasteiger partial charge in [0.15, 0.2) is 0 Å². The number of primary amides is 1. The van der Waals surface area contributed by atoms with E-state index in [1.165, 1.54) is 16.7 Å². The van der Waals surface area contributed by atoms with Crippen LogP contribution in [0.1, 0.15) is 21.5 Å². The number of aromatic carboxylic acids is 1. The summed E-state index contributed by atoms with van der Waals surface area (Å²) >= 11 is 0. The van der Waals surface area contributed by atoms with Gasteiger partial charge in [0.25, 0.3) is 0 Å². The van der Waals surface area contributed by atoms with Crippen LogP contribution in [0.15, 0.2) is 67.0 Å². The number of nitrogens with one attached hydrogen (secondary N) is 1. The van der Waals surface area contributed by atoms with E-state index in [4.69, 9.17) is 15.2 Å². The van der Waals surface area contributed by atoms with Crippen molar-refractivity contribution in [1.82, 2.24) is 9.55 Å². The maximum Gasteiger partial charge on any atom is 0.336 e. The molecule has 204 valence electrons. The number of carboxylic acids is 1. The number of amides is 1. The molecule has 0 spiro atoms. The van der Waals surface area contributed by atoms with Crippen molar-refractivity contribution in [2.45, 2.75) is 13.5 Å². The number of halogens is 1. The Labute approximate surface area is 229 Å². The van der Waals surface area contributed by atoms with Gasteiger partial charge in [-0.05, 0) is 53.9 Å². The maximum atomic E-state index is 13.6. The molecule has 40 heavy (non-hydrogen) atoms. The fraction of sp³-hybridized carbons (Fsp3) is 0.167. The van der Waals surface area contributed by atoms with E-state index < -0.39 is 17.8 Å². The van der Waals surface area contributed by atoms with Crippen molar-refractivity contribution in [2.24, 2.45) is 5.73 Å². The summed E-state index contributed by atoms with van der Waals surface area (Å²) in [4.78, 5) is 28.6. The molecule has 0 aliphatic carbocycles. The Bertz CT molecular complexity index is 1760. The minimum Gasteiger partial charge on any atom is -0.491 e. The first-order chi connectivity index (χ1) is 19.3. The van der Waals surface area contributed by atoms with E-state index in [0.29, 0.717) is 35.6 Å². The quantitative estimate of drug-likeness (QED) is 0.208. The molecule has 9 nitrogen and oxygen atoms in total. The van der Waals surface area contributed by atoms with Crippen LogP contribution in [0.3, 0.4) is 0 Å². The summed E-state index contributed by atoms with van der Waals surface area (Å²) < 4.78 is 25.9. The highest BCUT2D eigenvalue weighted by molar-refractivity contribution is 6.18. The van der Waals surface area contributed by atoms with Crippen molar-refractivity contribution in [2.75, 3.05) is 25.6 Å². The molecule has 0 fully saturated rings. The van der Waals surface area contributed by atoms with Gasteiger partial charge in [-0.25, -0.2) is 14.0 Å². The second kappa shape index (κ2) is 11.0. The average molecular weight is 543 g/mol. The SMILES string of the molecule is COCCOc1ccc2c3c(-c4cccc(NCc5ccc(F)cc5C(=O)O)c4C)cncc3n(C(N)=O)c2c1. The second-order valence-electron chi connectivity index (χ2n) is 9.21. The van der Waals surface area contributed by atoms with E-state index in [9.17, 15) is 19.1 Å². The smallest absolute Gasteiger partial charge is 0.336 e. The highest BCUT2D eigenvalue weighted by Gasteiger charge is 2.20. The molecule has 0 aliphatic heterocycles. The van der Waals surface area contributed by atoms with Crippen LogP contribution in [0, 0.1) is 12.7 Å². The first kappa shape index (κ1) is 26.6. The van der Waals surface area contributed by atoms with Crippen LogP contribution in [0.2, 0.25) is 0 Å². The lowest BCUT2D eigenvalue weighted by Crippen LogP contribution is -2.19. The van der Waals surface area contributed by atoms with Gasteiger partial charge in [-0.2, -0.15) is 0 Å². The molecule has 0 atom stereocenters. The van der Waals surface area contributed by atoms with Crippen LogP contribution in [0.5, 0.6) is 5.75 Å². The molecule has 1 amide bonds. The highest BCUT2D eigenvalue weighted by atomic mass is 19.1. The molecule has 0 saturated heterocycles. The van der Waals surface area contributed by atoms with E-state index in [0.717, 1.165) is 39.2 Å². The van der Waals surface area contributed by atoms with Crippen LogP contribution in [0.4, 0.5) is 14.9 Å². The molecular weight excluding hydrogens is 515 g/mol. The van der Waals surface area contributed by atoms with E-state index in [1.807, 2.05) is 37.3 Å². The molecule has 2 aromatic heterocycles. The number of ether oxygens (including phenoxy) is 2. The van der Waals surface area contributed by atoms with Crippen molar-refractivity contribution in [1.29, 1.82) is 0 Å². The summed E-state index contributed by atoms with van der Waals surface area (Å²) in [5.74, 6) is -1.23. The number of hydrogen-bond donors (Lipinski definition) is 3. The Balaban J connectivity index is 1.58. The molecular formula is C30H27FN4O5. The van der Waals surface area contributed by atoms with Crippen LogP contribution >= 0.6 is 0 Å². The summed E-state index contributed by atoms with van der Waals surface area (Å²) in [5, 5.41) is 14.4. The third-order valence-corrected chi connectivity index (χ3v) is 6.82. The summed E-state index contributed by atoms with van der Waals surface area (Å²) in [6.45, 7) is 2.90. The molecule has 0 saturated carbocycles. The number of anilines is 1. The number of fused-ring (bicyclic) bond motifs is 3. The fourth-order valence-corrected chi connectivity index (χ4v) is 4.93. The van der Waals surface area contributed by atoms with E-state index in [2.05, 4.69) is 10.3 Å². The van der Waals surface area contributed by atoms with Crippen molar-refractivity contribution >= 4 is 39.5 Å². The van der Waals surface area contributed by atoms with Crippen molar-refractivity contribution < 1.29 is 28.6 Å². The highest BCUT2D eigenvalue weighted by Crippen LogP contribution is 2.39. The Hall–Kier alpha value is -4.96. The third kappa shape index (κ3) is 4.92. The Kier molecular flexibility index (Phi) is 7.35. The van der Waals surface area contributed by atoms with Gasteiger partial charge in [0.2, 0.25) is 0 Å². The van der Waals surface area contributed by atoms with E-state index >= 15 is 0 Å². The molecule has 3 aromatic carbocycles. The Morgan fingerprint density at radius 2 is 1.88 bits per heavy atom. The monoisotopic (exact) mass is 542 g/mol. The molecule has 2 heterocycles. The summed E-state index contributed by atoms with van der Waals surface area (Å²) in [5.41, 5.74) is 10.6. The van der Waals surface area contributed by atoms with Gasteiger partial charge in [-0.15, -0.1) is 0 Å². The standard InChI is InChI=1S/C30H27FN4O5/c1-17-21(4-3-5-25(17)34-14-18-6-7-19(31)12-23(18)29(36)37)24-15-33-16-27-28(24)22-9-8-20(40-11-10-39-2)13-26(22)35(27)30(32)38/h3-9,12-13,15-16,34H,10-11,14H2,1-2H3,(H2,32,38)(H,36,37). The number of nitrogens with two attached hydrogens (primary N) is 1. The van der Waals surface area contributed by atoms with Crippen molar-refractivity contribution in [3.8, 4) is 16.9 Å². The molecule has 5 aromatic rings. The molecule has 4 N–H and O–H groups in total. The second-order valence-corrected chi connectivity index (χ2v) is 9.21.